The van der Waals surface area contributed by atoms with Crippen LogP contribution in [0.1, 0.15) is 15.7 Å². The molecule has 0 saturated heterocycles. The van der Waals surface area contributed by atoms with E-state index in [-0.39, 0.29) is 0 Å². The van der Waals surface area contributed by atoms with Crippen LogP contribution < -0.4 is 0 Å². The van der Waals surface area contributed by atoms with Crippen molar-refractivity contribution in [1.29, 1.82) is 5.26 Å². The fourth-order valence-corrected chi connectivity index (χ4v) is 3.31. The maximum absolute atomic E-state index is 13.3. The fraction of sp³-hybridized carbons (Fsp3) is 0.300. The van der Waals surface area contributed by atoms with Crippen LogP contribution >= 0.6 is 11.8 Å². The van der Waals surface area contributed by atoms with Gasteiger partial charge in [-0.05, 0) is 24.0 Å². The number of nitrogens with zero attached hydrogens (tertiary/aromatic N) is 1. The van der Waals surface area contributed by atoms with Gasteiger partial charge in [0.1, 0.15) is 27.8 Å². The molecule has 0 heterocycles. The van der Waals surface area contributed by atoms with Crippen molar-refractivity contribution < 1.29 is 13.0 Å². The molecule has 0 fully saturated rings. The summed E-state index contributed by atoms with van der Waals surface area (Å²) >= 11 is 1.25. The van der Waals surface area contributed by atoms with Gasteiger partial charge < -0.3 is 0 Å². The molecular weight excluding hydrogens is 252 g/mol. The monoisotopic (exact) mass is 261 g/mol. The van der Waals surface area contributed by atoms with Gasteiger partial charge in [-0.3, -0.25) is 4.21 Å². The highest BCUT2D eigenvalue weighted by atomic mass is 32.2. The molecule has 2 nitrogen and oxygen atoms in total. The Kier molecular flexibility index (Phi) is 4.44. The molecule has 6 heteroatoms. The van der Waals surface area contributed by atoms with Gasteiger partial charge in [0.25, 0.3) is 0 Å². The third kappa shape index (κ3) is 2.60. The minimum atomic E-state index is -1.23. The third-order valence-electron chi connectivity index (χ3n) is 1.96. The van der Waals surface area contributed by atoms with Crippen LogP contribution in [-0.4, -0.2) is 16.7 Å². The maximum atomic E-state index is 13.3. The summed E-state index contributed by atoms with van der Waals surface area (Å²) in [6, 6.07) is 3.56. The summed E-state index contributed by atoms with van der Waals surface area (Å²) in [5, 5.41) is 8.50. The van der Waals surface area contributed by atoms with E-state index in [4.69, 9.17) is 5.26 Å². The van der Waals surface area contributed by atoms with Gasteiger partial charge in [-0.15, -0.1) is 11.8 Å². The Morgan fingerprint density at radius 3 is 2.25 bits per heavy atom. The SMILES string of the molecule is CSC(c1cc(F)c(C#N)c(F)c1)S(C)=O. The molecule has 2 unspecified atom stereocenters. The Bertz CT molecular complexity index is 447. The number of hydrogen-bond acceptors (Lipinski definition) is 3. The molecule has 0 aliphatic heterocycles. The number of benzene rings is 1. The second kappa shape index (κ2) is 5.41. The summed E-state index contributed by atoms with van der Waals surface area (Å²) in [5.74, 6) is -1.83. The third-order valence-corrected chi connectivity index (χ3v) is 4.93. The van der Waals surface area contributed by atoms with Gasteiger partial charge in [0.15, 0.2) is 0 Å². The molecule has 0 aliphatic carbocycles. The van der Waals surface area contributed by atoms with Crippen molar-refractivity contribution in [3.8, 4) is 6.07 Å². The Balaban J connectivity index is 3.28. The molecule has 2 atom stereocenters. The highest BCUT2D eigenvalue weighted by Crippen LogP contribution is 2.31. The van der Waals surface area contributed by atoms with Gasteiger partial charge in [0, 0.05) is 17.1 Å². The fourth-order valence-electron chi connectivity index (χ4n) is 1.30. The van der Waals surface area contributed by atoms with Crippen LogP contribution in [0.4, 0.5) is 8.78 Å². The largest absolute Gasteiger partial charge is 0.258 e. The first-order chi connectivity index (χ1) is 7.51. The summed E-state index contributed by atoms with van der Waals surface area (Å²) < 4.78 is 37.4. The summed E-state index contributed by atoms with van der Waals surface area (Å²) in [6.45, 7) is 0. The average molecular weight is 261 g/mol. The lowest BCUT2D eigenvalue weighted by atomic mass is 10.1. The zero-order chi connectivity index (χ0) is 12.3. The van der Waals surface area contributed by atoms with Crippen LogP contribution in [0.15, 0.2) is 12.1 Å². The van der Waals surface area contributed by atoms with E-state index < -0.39 is 32.6 Å². The highest BCUT2D eigenvalue weighted by molar-refractivity contribution is 8.10. The van der Waals surface area contributed by atoms with Gasteiger partial charge >= 0.3 is 0 Å². The summed E-state index contributed by atoms with van der Waals surface area (Å²) in [5.41, 5.74) is -0.312. The van der Waals surface area contributed by atoms with Gasteiger partial charge in [-0.25, -0.2) is 8.78 Å². The second-order valence-electron chi connectivity index (χ2n) is 3.04. The number of nitriles is 1. The first-order valence-corrected chi connectivity index (χ1v) is 7.16. The van der Waals surface area contributed by atoms with E-state index in [1.165, 1.54) is 24.1 Å². The van der Waals surface area contributed by atoms with E-state index in [1.807, 2.05) is 0 Å². The van der Waals surface area contributed by atoms with E-state index in [0.717, 1.165) is 12.1 Å². The first kappa shape index (κ1) is 13.1. The molecule has 0 aromatic heterocycles. The predicted octanol–water partition coefficient (Wildman–Crippen LogP) is 2.58. The molecule has 0 aliphatic rings. The van der Waals surface area contributed by atoms with Crippen molar-refractivity contribution in [1.82, 2.24) is 0 Å². The normalized spacial score (nSPS) is 14.2. The van der Waals surface area contributed by atoms with Gasteiger partial charge in [-0.2, -0.15) is 5.26 Å². The Labute approximate surface area is 99.1 Å². The minimum Gasteiger partial charge on any atom is -0.258 e. The first-order valence-electron chi connectivity index (χ1n) is 4.25. The second-order valence-corrected chi connectivity index (χ2v) is 5.75. The Morgan fingerprint density at radius 1 is 1.44 bits per heavy atom. The molecular formula is C10H9F2NOS2. The van der Waals surface area contributed by atoms with Crippen LogP contribution in [0.25, 0.3) is 0 Å². The predicted molar refractivity (Wildman–Crippen MR) is 61.4 cm³/mol. The van der Waals surface area contributed by atoms with Crippen LogP contribution in [-0.2, 0) is 10.8 Å². The number of halogens is 2. The van der Waals surface area contributed by atoms with E-state index in [9.17, 15) is 13.0 Å². The molecule has 1 rings (SSSR count). The molecule has 0 bridgehead atoms. The molecule has 0 N–H and O–H groups in total. The molecule has 1 aromatic rings. The minimum absolute atomic E-state index is 0.294. The van der Waals surface area contributed by atoms with E-state index in [1.54, 1.807) is 6.26 Å². The molecule has 0 amide bonds. The zero-order valence-corrected chi connectivity index (χ0v) is 10.3. The van der Waals surface area contributed by atoms with Crippen molar-refractivity contribution in [3.63, 3.8) is 0 Å². The summed E-state index contributed by atoms with van der Waals surface area (Å²) in [4.78, 5) is 0. The van der Waals surface area contributed by atoms with E-state index in [0.29, 0.717) is 5.56 Å². The van der Waals surface area contributed by atoms with Crippen molar-refractivity contribution in [2.24, 2.45) is 0 Å². The van der Waals surface area contributed by atoms with Gasteiger partial charge in [0.05, 0.1) is 0 Å². The zero-order valence-electron chi connectivity index (χ0n) is 8.66. The van der Waals surface area contributed by atoms with Crippen LogP contribution in [0.3, 0.4) is 0 Å². The van der Waals surface area contributed by atoms with Crippen LogP contribution in [0, 0.1) is 23.0 Å². The lowest BCUT2D eigenvalue weighted by molar-refractivity contribution is 0.574. The van der Waals surface area contributed by atoms with Crippen LogP contribution in [0.5, 0.6) is 0 Å². The van der Waals surface area contributed by atoms with Crippen LogP contribution in [0.2, 0.25) is 0 Å². The summed E-state index contributed by atoms with van der Waals surface area (Å²) in [7, 11) is -1.23. The van der Waals surface area contributed by atoms with Crippen molar-refractivity contribution in [3.05, 3.63) is 34.9 Å². The highest BCUT2D eigenvalue weighted by Gasteiger charge is 2.19. The maximum Gasteiger partial charge on any atom is 0.144 e. The molecule has 0 spiro atoms. The van der Waals surface area contributed by atoms with E-state index >= 15 is 0 Å². The number of rotatable bonds is 3. The Morgan fingerprint density at radius 2 is 1.94 bits per heavy atom. The molecule has 0 radical (unpaired) electrons. The number of hydrogen-bond donors (Lipinski definition) is 0. The van der Waals surface area contributed by atoms with Crippen molar-refractivity contribution >= 4 is 22.6 Å². The lowest BCUT2D eigenvalue weighted by Crippen LogP contribution is -2.03. The molecule has 86 valence electrons. The van der Waals surface area contributed by atoms with Crippen molar-refractivity contribution in [2.45, 2.75) is 4.58 Å². The molecule has 1 aromatic carbocycles. The smallest absolute Gasteiger partial charge is 0.144 e. The molecule has 16 heavy (non-hydrogen) atoms. The van der Waals surface area contributed by atoms with Gasteiger partial charge in [-0.1, -0.05) is 0 Å². The Hall–Kier alpha value is -0.930. The lowest BCUT2D eigenvalue weighted by Gasteiger charge is -2.12. The quantitative estimate of drug-likeness (QED) is 0.839. The van der Waals surface area contributed by atoms with Crippen molar-refractivity contribution in [2.75, 3.05) is 12.5 Å². The topological polar surface area (TPSA) is 40.9 Å². The standard InChI is InChI=1S/C10H9F2NOS2/c1-15-10(16(2)14)6-3-8(11)7(5-13)9(12)4-6/h3-4,10H,1-2H3. The molecule has 0 saturated carbocycles. The average Bonchev–Trinajstić information content (AvgIpc) is 2.17. The van der Waals surface area contributed by atoms with E-state index in [2.05, 4.69) is 0 Å². The summed E-state index contributed by atoms with van der Waals surface area (Å²) in [6.07, 6.45) is 3.18. The van der Waals surface area contributed by atoms with Gasteiger partial charge in [0.2, 0.25) is 0 Å². The number of thioether (sulfide) groups is 1.